The fourth-order valence-electron chi connectivity index (χ4n) is 1.28. The van der Waals surface area contributed by atoms with Gasteiger partial charge < -0.3 is 14.9 Å². The highest BCUT2D eigenvalue weighted by atomic mass is 32.2. The Balaban J connectivity index is 2.89. The first kappa shape index (κ1) is 17.1. The number of nitrogens with one attached hydrogen (secondary N) is 1. The topological polar surface area (TPSA) is 130 Å². The van der Waals surface area contributed by atoms with Crippen LogP contribution in [0.25, 0.3) is 0 Å². The van der Waals surface area contributed by atoms with Crippen molar-refractivity contribution in [3.05, 3.63) is 29.8 Å². The summed E-state index contributed by atoms with van der Waals surface area (Å²) in [6.07, 6.45) is 0. The van der Waals surface area contributed by atoms with Gasteiger partial charge in [0.05, 0.1) is 24.1 Å². The van der Waals surface area contributed by atoms with Gasteiger partial charge in [0.2, 0.25) is 10.0 Å². The molecule has 3 N–H and O–H groups in total. The highest BCUT2D eigenvalue weighted by Gasteiger charge is 2.31. The summed E-state index contributed by atoms with van der Waals surface area (Å²) in [5, 5.41) is 18.2. The molecular weight excluding hydrogens is 302 g/mol. The standard InChI is InChI=1S/C12H15NO7S/c1-12(17,11(15)16)7-13-21(18,19)9-5-3-8(4-6-9)10(14)20-2/h3-6,13,17H,7H2,1-2H3,(H,15,16). The van der Waals surface area contributed by atoms with Crippen LogP contribution in [0.15, 0.2) is 29.2 Å². The Kier molecular flexibility index (Phi) is 5.05. The number of sulfonamides is 1. The normalized spacial score (nSPS) is 14.2. The maximum atomic E-state index is 11.9. The van der Waals surface area contributed by atoms with Crippen LogP contribution in [0.1, 0.15) is 17.3 Å². The van der Waals surface area contributed by atoms with Crippen LogP contribution >= 0.6 is 0 Å². The molecule has 0 saturated carbocycles. The number of rotatable bonds is 6. The van der Waals surface area contributed by atoms with Gasteiger partial charge in [-0.2, -0.15) is 0 Å². The number of carboxylic acids is 1. The number of esters is 1. The van der Waals surface area contributed by atoms with Gasteiger partial charge in [0.15, 0.2) is 5.60 Å². The molecular formula is C12H15NO7S. The number of aliphatic hydroxyl groups is 1. The predicted molar refractivity (Wildman–Crippen MR) is 71.2 cm³/mol. The van der Waals surface area contributed by atoms with Crippen molar-refractivity contribution in [1.82, 2.24) is 4.72 Å². The monoisotopic (exact) mass is 317 g/mol. The molecule has 1 aromatic carbocycles. The van der Waals surface area contributed by atoms with Crippen molar-refractivity contribution in [1.29, 1.82) is 0 Å². The van der Waals surface area contributed by atoms with Crippen LogP contribution in [0.4, 0.5) is 0 Å². The molecule has 0 saturated heterocycles. The van der Waals surface area contributed by atoms with Crippen molar-refractivity contribution in [2.75, 3.05) is 13.7 Å². The second kappa shape index (κ2) is 6.20. The Labute approximate surface area is 121 Å². The predicted octanol–water partition coefficient (Wildman–Crippen LogP) is -0.413. The van der Waals surface area contributed by atoms with E-state index in [9.17, 15) is 23.1 Å². The second-order valence-electron chi connectivity index (χ2n) is 4.42. The fraction of sp³-hybridized carbons (Fsp3) is 0.333. The van der Waals surface area contributed by atoms with Gasteiger partial charge in [0.1, 0.15) is 0 Å². The Morgan fingerprint density at radius 2 is 1.81 bits per heavy atom. The van der Waals surface area contributed by atoms with E-state index in [4.69, 9.17) is 5.11 Å². The molecule has 1 rings (SSSR count). The van der Waals surface area contributed by atoms with Crippen molar-refractivity contribution in [3.63, 3.8) is 0 Å². The van der Waals surface area contributed by atoms with Crippen molar-refractivity contribution < 1.29 is 33.0 Å². The van der Waals surface area contributed by atoms with Gasteiger partial charge >= 0.3 is 11.9 Å². The number of carbonyl (C=O) groups is 2. The molecule has 0 aromatic heterocycles. The third-order valence-electron chi connectivity index (χ3n) is 2.65. The van der Waals surface area contributed by atoms with E-state index in [-0.39, 0.29) is 10.5 Å². The van der Waals surface area contributed by atoms with Crippen molar-refractivity contribution in [2.24, 2.45) is 0 Å². The van der Waals surface area contributed by atoms with Crippen LogP contribution in [0, 0.1) is 0 Å². The number of ether oxygens (including phenoxy) is 1. The Morgan fingerprint density at radius 3 is 2.24 bits per heavy atom. The van der Waals surface area contributed by atoms with Crippen molar-refractivity contribution in [3.8, 4) is 0 Å². The van der Waals surface area contributed by atoms with Crippen LogP contribution in [-0.2, 0) is 19.6 Å². The van der Waals surface area contributed by atoms with Crippen molar-refractivity contribution >= 4 is 22.0 Å². The molecule has 0 fully saturated rings. The summed E-state index contributed by atoms with van der Waals surface area (Å²) < 4.78 is 30.3. The van der Waals surface area contributed by atoms with Gasteiger partial charge in [-0.3, -0.25) is 0 Å². The van der Waals surface area contributed by atoms with Crippen LogP contribution in [-0.4, -0.2) is 49.8 Å². The third kappa shape index (κ3) is 4.25. The number of carboxylic acid groups (broad SMARTS) is 1. The zero-order chi connectivity index (χ0) is 16.3. The SMILES string of the molecule is COC(=O)c1ccc(S(=O)(=O)NCC(C)(O)C(=O)O)cc1. The average Bonchev–Trinajstić information content (AvgIpc) is 2.44. The number of carbonyl (C=O) groups excluding carboxylic acids is 1. The summed E-state index contributed by atoms with van der Waals surface area (Å²) in [5.74, 6) is -2.16. The second-order valence-corrected chi connectivity index (χ2v) is 6.19. The summed E-state index contributed by atoms with van der Waals surface area (Å²) in [6.45, 7) is 0.279. The molecule has 1 unspecified atom stereocenters. The van der Waals surface area contributed by atoms with E-state index < -0.39 is 34.1 Å². The molecule has 1 aromatic rings. The van der Waals surface area contributed by atoms with Crippen LogP contribution < -0.4 is 4.72 Å². The smallest absolute Gasteiger partial charge is 0.337 e. The van der Waals surface area contributed by atoms with E-state index in [2.05, 4.69) is 4.74 Å². The summed E-state index contributed by atoms with van der Waals surface area (Å²) in [4.78, 5) is 21.7. The molecule has 0 bridgehead atoms. The molecule has 8 nitrogen and oxygen atoms in total. The number of hydrogen-bond donors (Lipinski definition) is 3. The molecule has 0 radical (unpaired) electrons. The first-order valence-electron chi connectivity index (χ1n) is 5.74. The maximum Gasteiger partial charge on any atom is 0.337 e. The number of benzene rings is 1. The number of hydrogen-bond acceptors (Lipinski definition) is 6. The van der Waals surface area contributed by atoms with Crippen LogP contribution in [0.5, 0.6) is 0 Å². The molecule has 0 heterocycles. The van der Waals surface area contributed by atoms with E-state index in [1.165, 1.54) is 31.4 Å². The molecule has 0 spiro atoms. The quantitative estimate of drug-likeness (QED) is 0.608. The average molecular weight is 317 g/mol. The summed E-state index contributed by atoms with van der Waals surface area (Å²) in [5.41, 5.74) is -2.05. The molecule has 0 aliphatic heterocycles. The Morgan fingerprint density at radius 1 is 1.29 bits per heavy atom. The molecule has 0 aliphatic rings. The van der Waals surface area contributed by atoms with E-state index in [0.717, 1.165) is 6.92 Å². The summed E-state index contributed by atoms with van der Waals surface area (Å²) in [7, 11) is -2.80. The molecule has 1 atom stereocenters. The van der Waals surface area contributed by atoms with E-state index >= 15 is 0 Å². The maximum absolute atomic E-state index is 11.9. The van der Waals surface area contributed by atoms with Crippen LogP contribution in [0.3, 0.4) is 0 Å². The lowest BCUT2D eigenvalue weighted by Gasteiger charge is -2.18. The van der Waals surface area contributed by atoms with Crippen molar-refractivity contribution in [2.45, 2.75) is 17.4 Å². The zero-order valence-corrected chi connectivity index (χ0v) is 12.2. The summed E-state index contributed by atoms with van der Waals surface area (Å²) in [6, 6.07) is 4.86. The molecule has 0 amide bonds. The van der Waals surface area contributed by atoms with Gasteiger partial charge in [-0.05, 0) is 31.2 Å². The zero-order valence-electron chi connectivity index (χ0n) is 11.4. The number of aliphatic carboxylic acids is 1. The highest BCUT2D eigenvalue weighted by molar-refractivity contribution is 7.89. The minimum atomic E-state index is -4.00. The first-order valence-corrected chi connectivity index (χ1v) is 7.22. The minimum Gasteiger partial charge on any atom is -0.479 e. The molecule has 116 valence electrons. The molecule has 9 heteroatoms. The number of methoxy groups -OCH3 is 1. The minimum absolute atomic E-state index is 0.170. The lowest BCUT2D eigenvalue weighted by atomic mass is 10.1. The lowest BCUT2D eigenvalue weighted by molar-refractivity contribution is -0.155. The first-order chi connectivity index (χ1) is 9.60. The van der Waals surface area contributed by atoms with E-state index in [1.807, 2.05) is 4.72 Å². The van der Waals surface area contributed by atoms with E-state index in [1.54, 1.807) is 0 Å². The Hall–Kier alpha value is -1.97. The summed E-state index contributed by atoms with van der Waals surface area (Å²) >= 11 is 0. The van der Waals surface area contributed by atoms with Crippen LogP contribution in [0.2, 0.25) is 0 Å². The highest BCUT2D eigenvalue weighted by Crippen LogP contribution is 2.12. The fourth-order valence-corrected chi connectivity index (χ4v) is 2.41. The van der Waals surface area contributed by atoms with Gasteiger partial charge in [-0.1, -0.05) is 0 Å². The van der Waals surface area contributed by atoms with Gasteiger partial charge in [0, 0.05) is 0 Å². The van der Waals surface area contributed by atoms with Gasteiger partial charge in [-0.15, -0.1) is 0 Å². The largest absolute Gasteiger partial charge is 0.479 e. The lowest BCUT2D eigenvalue weighted by Crippen LogP contribution is -2.46. The van der Waals surface area contributed by atoms with E-state index in [0.29, 0.717) is 0 Å². The van der Waals surface area contributed by atoms with Gasteiger partial charge in [-0.25, -0.2) is 22.7 Å². The van der Waals surface area contributed by atoms with Gasteiger partial charge in [0.25, 0.3) is 0 Å². The third-order valence-corrected chi connectivity index (χ3v) is 4.07. The Bertz CT molecular complexity index is 634. The molecule has 0 aliphatic carbocycles. The molecule has 21 heavy (non-hydrogen) atoms.